The first-order chi connectivity index (χ1) is 10.8. The Kier molecular flexibility index (Phi) is 5.25. The number of hydrogen-bond acceptors (Lipinski definition) is 3. The van der Waals surface area contributed by atoms with Gasteiger partial charge in [-0.3, -0.25) is 4.79 Å². The van der Waals surface area contributed by atoms with Gasteiger partial charge in [0.1, 0.15) is 12.1 Å². The van der Waals surface area contributed by atoms with Gasteiger partial charge in [-0.2, -0.15) is 13.2 Å². The van der Waals surface area contributed by atoms with Gasteiger partial charge in [0.25, 0.3) is 0 Å². The Labute approximate surface area is 130 Å². The molecule has 0 unspecified atom stereocenters. The standard InChI is InChI=1S/C15H16F3NO4/c16-15(17,18)10-5-2-1-4-9(10)8-11(14(21)22)19-13(20)12-6-3-7-23-12/h1-2,4-5,11-12H,3,6-8H2,(H,19,20)(H,21,22)/t11-,12-/m1/s1. The van der Waals surface area contributed by atoms with Crippen LogP contribution in [0.15, 0.2) is 24.3 Å². The van der Waals surface area contributed by atoms with Crippen molar-refractivity contribution in [2.24, 2.45) is 0 Å². The summed E-state index contributed by atoms with van der Waals surface area (Å²) in [7, 11) is 0. The van der Waals surface area contributed by atoms with Gasteiger partial charge in [0, 0.05) is 13.0 Å². The van der Waals surface area contributed by atoms with Crippen LogP contribution in [0.4, 0.5) is 13.2 Å². The molecular formula is C15H16F3NO4. The van der Waals surface area contributed by atoms with Gasteiger partial charge in [-0.05, 0) is 24.5 Å². The summed E-state index contributed by atoms with van der Waals surface area (Å²) in [6.45, 7) is 0.409. The van der Waals surface area contributed by atoms with Crippen molar-refractivity contribution in [1.29, 1.82) is 0 Å². The van der Waals surface area contributed by atoms with E-state index in [1.54, 1.807) is 0 Å². The van der Waals surface area contributed by atoms with Gasteiger partial charge in [-0.1, -0.05) is 18.2 Å². The molecule has 0 saturated carbocycles. The molecule has 1 heterocycles. The van der Waals surface area contributed by atoms with Crippen molar-refractivity contribution >= 4 is 11.9 Å². The highest BCUT2D eigenvalue weighted by atomic mass is 19.4. The van der Waals surface area contributed by atoms with Crippen LogP contribution in [0.5, 0.6) is 0 Å². The van der Waals surface area contributed by atoms with Gasteiger partial charge in [0.15, 0.2) is 0 Å². The predicted molar refractivity (Wildman–Crippen MR) is 73.7 cm³/mol. The number of aliphatic carboxylic acids is 1. The van der Waals surface area contributed by atoms with Crippen molar-refractivity contribution in [3.63, 3.8) is 0 Å². The number of carbonyl (C=O) groups excluding carboxylic acids is 1. The third kappa shape index (κ3) is 4.44. The molecule has 2 rings (SSSR count). The molecular weight excluding hydrogens is 315 g/mol. The molecule has 5 nitrogen and oxygen atoms in total. The van der Waals surface area contributed by atoms with Crippen molar-refractivity contribution in [3.05, 3.63) is 35.4 Å². The number of carbonyl (C=O) groups is 2. The minimum atomic E-state index is -4.59. The maximum atomic E-state index is 13.0. The van der Waals surface area contributed by atoms with Gasteiger partial charge in [-0.25, -0.2) is 4.79 Å². The van der Waals surface area contributed by atoms with Gasteiger partial charge < -0.3 is 15.2 Å². The number of hydrogen-bond donors (Lipinski definition) is 2. The molecule has 23 heavy (non-hydrogen) atoms. The SMILES string of the molecule is O=C(O)[C@@H](Cc1ccccc1C(F)(F)F)NC(=O)[C@H]1CCCO1. The average Bonchev–Trinajstić information content (AvgIpc) is 3.00. The summed E-state index contributed by atoms with van der Waals surface area (Å²) < 4.78 is 44.0. The Bertz CT molecular complexity index is 582. The van der Waals surface area contributed by atoms with Crippen molar-refractivity contribution in [2.45, 2.75) is 37.6 Å². The number of benzene rings is 1. The summed E-state index contributed by atoms with van der Waals surface area (Å²) >= 11 is 0. The maximum Gasteiger partial charge on any atom is 0.416 e. The Morgan fingerprint density at radius 1 is 1.35 bits per heavy atom. The fourth-order valence-electron chi connectivity index (χ4n) is 2.44. The Balaban J connectivity index is 2.14. The molecule has 2 N–H and O–H groups in total. The zero-order valence-electron chi connectivity index (χ0n) is 12.1. The quantitative estimate of drug-likeness (QED) is 0.865. The highest BCUT2D eigenvalue weighted by molar-refractivity contribution is 5.86. The molecule has 1 aliphatic rings. The van der Waals surface area contributed by atoms with Crippen LogP contribution in [0.1, 0.15) is 24.0 Å². The normalized spacial score (nSPS) is 19.3. The molecule has 1 aliphatic heterocycles. The number of carboxylic acid groups (broad SMARTS) is 1. The van der Waals surface area contributed by atoms with E-state index in [1.165, 1.54) is 18.2 Å². The Morgan fingerprint density at radius 2 is 2.04 bits per heavy atom. The summed E-state index contributed by atoms with van der Waals surface area (Å²) in [5, 5.41) is 11.4. The third-order valence-corrected chi connectivity index (χ3v) is 3.58. The van der Waals surface area contributed by atoms with E-state index >= 15 is 0 Å². The molecule has 1 fully saturated rings. The first-order valence-electron chi connectivity index (χ1n) is 7.09. The molecule has 0 radical (unpaired) electrons. The molecule has 1 aromatic carbocycles. The van der Waals surface area contributed by atoms with Crippen LogP contribution in [0, 0.1) is 0 Å². The number of ether oxygens (including phenoxy) is 1. The van der Waals surface area contributed by atoms with Crippen LogP contribution in [-0.4, -0.2) is 35.7 Å². The molecule has 8 heteroatoms. The minimum absolute atomic E-state index is 0.181. The summed E-state index contributed by atoms with van der Waals surface area (Å²) in [5.41, 5.74) is -1.09. The third-order valence-electron chi connectivity index (χ3n) is 3.58. The maximum absolute atomic E-state index is 13.0. The summed E-state index contributed by atoms with van der Waals surface area (Å²) in [6.07, 6.45) is -4.62. The molecule has 1 aromatic rings. The largest absolute Gasteiger partial charge is 0.480 e. The van der Waals surface area contributed by atoms with E-state index in [1.807, 2.05) is 0 Å². The molecule has 0 aliphatic carbocycles. The molecule has 2 atom stereocenters. The van der Waals surface area contributed by atoms with E-state index in [0.717, 1.165) is 6.07 Å². The second-order valence-electron chi connectivity index (χ2n) is 5.26. The highest BCUT2D eigenvalue weighted by Gasteiger charge is 2.35. The number of alkyl halides is 3. The molecule has 1 amide bonds. The summed E-state index contributed by atoms with van der Waals surface area (Å²) in [4.78, 5) is 23.2. The van der Waals surface area contributed by atoms with Crippen molar-refractivity contribution in [1.82, 2.24) is 5.32 Å². The van der Waals surface area contributed by atoms with E-state index in [-0.39, 0.29) is 5.56 Å². The van der Waals surface area contributed by atoms with Crippen molar-refractivity contribution < 1.29 is 32.6 Å². The molecule has 0 aromatic heterocycles. The van der Waals surface area contributed by atoms with Gasteiger partial charge >= 0.3 is 12.1 Å². The molecule has 0 bridgehead atoms. The first kappa shape index (κ1) is 17.3. The zero-order chi connectivity index (χ0) is 17.0. The fraction of sp³-hybridized carbons (Fsp3) is 0.467. The Morgan fingerprint density at radius 3 is 2.61 bits per heavy atom. The van der Waals surface area contributed by atoms with Crippen molar-refractivity contribution in [3.8, 4) is 0 Å². The van der Waals surface area contributed by atoms with Gasteiger partial charge in [0.05, 0.1) is 5.56 Å². The van der Waals surface area contributed by atoms with Gasteiger partial charge in [0.2, 0.25) is 5.91 Å². The topological polar surface area (TPSA) is 75.6 Å². The monoisotopic (exact) mass is 331 g/mol. The Hall–Kier alpha value is -2.09. The van der Waals surface area contributed by atoms with Crippen LogP contribution in [0.25, 0.3) is 0 Å². The van der Waals surface area contributed by atoms with E-state index in [4.69, 9.17) is 4.74 Å². The predicted octanol–water partition coefficient (Wildman–Crippen LogP) is 2.00. The lowest BCUT2D eigenvalue weighted by atomic mass is 9.99. The van der Waals surface area contributed by atoms with Crippen LogP contribution in [0.3, 0.4) is 0 Å². The number of nitrogens with one attached hydrogen (secondary N) is 1. The second kappa shape index (κ2) is 6.99. The number of carboxylic acids is 1. The second-order valence-corrected chi connectivity index (χ2v) is 5.26. The van der Waals surface area contributed by atoms with E-state index in [2.05, 4.69) is 5.32 Å². The van der Waals surface area contributed by atoms with Crippen LogP contribution in [-0.2, 0) is 26.9 Å². The van der Waals surface area contributed by atoms with Crippen LogP contribution >= 0.6 is 0 Å². The summed E-state index contributed by atoms with van der Waals surface area (Å²) in [6, 6.07) is 3.26. The molecule has 1 saturated heterocycles. The van der Waals surface area contributed by atoms with E-state index in [0.29, 0.717) is 19.4 Å². The van der Waals surface area contributed by atoms with E-state index in [9.17, 15) is 27.9 Å². The lowest BCUT2D eigenvalue weighted by Gasteiger charge is -2.19. The van der Waals surface area contributed by atoms with Crippen LogP contribution in [0.2, 0.25) is 0 Å². The number of amides is 1. The van der Waals surface area contributed by atoms with Crippen molar-refractivity contribution in [2.75, 3.05) is 6.61 Å². The number of rotatable bonds is 5. The van der Waals surface area contributed by atoms with E-state index < -0.39 is 42.2 Å². The van der Waals surface area contributed by atoms with Gasteiger partial charge in [-0.15, -0.1) is 0 Å². The summed E-state index contributed by atoms with van der Waals surface area (Å²) in [5.74, 6) is -2.01. The first-order valence-corrected chi connectivity index (χ1v) is 7.09. The fourth-order valence-corrected chi connectivity index (χ4v) is 2.44. The molecule has 0 spiro atoms. The number of halogens is 3. The zero-order valence-corrected chi connectivity index (χ0v) is 12.1. The average molecular weight is 331 g/mol. The minimum Gasteiger partial charge on any atom is -0.480 e. The van der Waals surface area contributed by atoms with Crippen LogP contribution < -0.4 is 5.32 Å². The molecule has 126 valence electrons. The lowest BCUT2D eigenvalue weighted by Crippen LogP contribution is -2.46. The smallest absolute Gasteiger partial charge is 0.416 e. The highest BCUT2D eigenvalue weighted by Crippen LogP contribution is 2.32. The lowest BCUT2D eigenvalue weighted by molar-refractivity contribution is -0.144.